The number of rotatable bonds is 4. The third kappa shape index (κ3) is 3.84. The Bertz CT molecular complexity index is 548. The number of aromatic amines is 1. The Morgan fingerprint density at radius 1 is 1.37 bits per heavy atom. The molecule has 2 amide bonds. The lowest BCUT2D eigenvalue weighted by Gasteiger charge is -2.01. The lowest BCUT2D eigenvalue weighted by molar-refractivity contribution is 0.255. The van der Waals surface area contributed by atoms with Gasteiger partial charge in [-0.05, 0) is 23.8 Å². The summed E-state index contributed by atoms with van der Waals surface area (Å²) in [7, 11) is 1.61. The van der Waals surface area contributed by atoms with Gasteiger partial charge >= 0.3 is 6.03 Å². The topological polar surface area (TPSA) is 91.9 Å². The van der Waals surface area contributed by atoms with Crippen molar-refractivity contribution in [3.8, 4) is 5.75 Å². The van der Waals surface area contributed by atoms with E-state index in [9.17, 15) is 4.79 Å². The molecule has 7 heteroatoms. The van der Waals surface area contributed by atoms with Gasteiger partial charge in [-0.2, -0.15) is 10.1 Å². The number of aromatic nitrogens is 3. The Labute approximate surface area is 109 Å². The fourth-order valence-electron chi connectivity index (χ4n) is 1.34. The van der Waals surface area contributed by atoms with Gasteiger partial charge in [-0.25, -0.2) is 9.89 Å². The third-order valence-electron chi connectivity index (χ3n) is 2.25. The van der Waals surface area contributed by atoms with E-state index in [0.717, 1.165) is 11.3 Å². The predicted molar refractivity (Wildman–Crippen MR) is 70.6 cm³/mol. The first-order chi connectivity index (χ1) is 9.28. The maximum atomic E-state index is 11.4. The molecule has 0 saturated carbocycles. The Morgan fingerprint density at radius 3 is 2.79 bits per heavy atom. The third-order valence-corrected chi connectivity index (χ3v) is 2.25. The average Bonchev–Trinajstić information content (AvgIpc) is 2.92. The number of anilines is 1. The van der Waals surface area contributed by atoms with Gasteiger partial charge < -0.3 is 10.1 Å². The van der Waals surface area contributed by atoms with Crippen LogP contribution in [0.4, 0.5) is 10.7 Å². The van der Waals surface area contributed by atoms with Gasteiger partial charge in [0.25, 0.3) is 0 Å². The van der Waals surface area contributed by atoms with E-state index in [0.29, 0.717) is 0 Å². The monoisotopic (exact) mass is 259 g/mol. The maximum Gasteiger partial charge on any atom is 0.325 e. The Kier molecular flexibility index (Phi) is 4.12. The van der Waals surface area contributed by atoms with Crippen LogP contribution in [0.1, 0.15) is 5.56 Å². The fraction of sp³-hybridized carbons (Fsp3) is 0.0833. The first kappa shape index (κ1) is 12.6. The Morgan fingerprint density at radius 2 is 2.16 bits per heavy atom. The van der Waals surface area contributed by atoms with Crippen LogP contribution in [0.5, 0.6) is 5.75 Å². The standard InChI is InChI=1S/C12H13N5O2/c1-19-10-4-2-9(3-5-10)6-7-13-12(18)16-11-14-8-15-17-11/h2-8H,1H3,(H3,13,14,15,16,17,18)/b7-6+. The first-order valence-electron chi connectivity index (χ1n) is 5.51. The highest BCUT2D eigenvalue weighted by Gasteiger charge is 2.00. The zero-order valence-corrected chi connectivity index (χ0v) is 10.3. The van der Waals surface area contributed by atoms with Crippen molar-refractivity contribution in [3.05, 3.63) is 42.4 Å². The second-order valence-electron chi connectivity index (χ2n) is 3.54. The van der Waals surface area contributed by atoms with Crippen molar-refractivity contribution in [2.75, 3.05) is 12.4 Å². The summed E-state index contributed by atoms with van der Waals surface area (Å²) in [6, 6.07) is 7.04. The van der Waals surface area contributed by atoms with Crippen LogP contribution in [0.15, 0.2) is 36.8 Å². The fourth-order valence-corrected chi connectivity index (χ4v) is 1.34. The van der Waals surface area contributed by atoms with Gasteiger partial charge in [0.2, 0.25) is 5.95 Å². The Balaban J connectivity index is 1.83. The number of nitrogens with zero attached hydrogens (tertiary/aromatic N) is 2. The number of carbonyl (C=O) groups is 1. The molecule has 0 atom stereocenters. The first-order valence-corrected chi connectivity index (χ1v) is 5.51. The van der Waals surface area contributed by atoms with Crippen molar-refractivity contribution < 1.29 is 9.53 Å². The maximum absolute atomic E-state index is 11.4. The minimum Gasteiger partial charge on any atom is -0.497 e. The quantitative estimate of drug-likeness (QED) is 0.777. The number of amides is 2. The molecule has 3 N–H and O–H groups in total. The number of hydrogen-bond acceptors (Lipinski definition) is 4. The highest BCUT2D eigenvalue weighted by atomic mass is 16.5. The van der Waals surface area contributed by atoms with Gasteiger partial charge in [0.1, 0.15) is 12.1 Å². The van der Waals surface area contributed by atoms with Crippen molar-refractivity contribution in [1.29, 1.82) is 0 Å². The van der Waals surface area contributed by atoms with Crippen molar-refractivity contribution in [2.45, 2.75) is 0 Å². The lowest BCUT2D eigenvalue weighted by Crippen LogP contribution is -2.24. The molecule has 0 radical (unpaired) electrons. The molecule has 0 bridgehead atoms. The van der Waals surface area contributed by atoms with Gasteiger partial charge in [-0.15, -0.1) is 0 Å². The van der Waals surface area contributed by atoms with Crippen LogP contribution in [0.2, 0.25) is 0 Å². The van der Waals surface area contributed by atoms with E-state index in [1.54, 1.807) is 13.2 Å². The lowest BCUT2D eigenvalue weighted by atomic mass is 10.2. The van der Waals surface area contributed by atoms with E-state index in [1.807, 2.05) is 24.3 Å². The molecular weight excluding hydrogens is 246 g/mol. The van der Waals surface area contributed by atoms with E-state index >= 15 is 0 Å². The number of ether oxygens (including phenoxy) is 1. The summed E-state index contributed by atoms with van der Waals surface area (Å²) in [5.74, 6) is 1.07. The summed E-state index contributed by atoms with van der Waals surface area (Å²) in [6.07, 6.45) is 4.61. The van der Waals surface area contributed by atoms with Crippen LogP contribution in [-0.4, -0.2) is 28.3 Å². The van der Waals surface area contributed by atoms with E-state index in [4.69, 9.17) is 4.74 Å². The summed E-state index contributed by atoms with van der Waals surface area (Å²) < 4.78 is 5.05. The minimum absolute atomic E-state index is 0.287. The van der Waals surface area contributed by atoms with Crippen LogP contribution in [0, 0.1) is 0 Å². The van der Waals surface area contributed by atoms with E-state index in [-0.39, 0.29) is 5.95 Å². The number of benzene rings is 1. The molecule has 0 saturated heterocycles. The molecule has 0 fully saturated rings. The van der Waals surface area contributed by atoms with E-state index < -0.39 is 6.03 Å². The average molecular weight is 259 g/mol. The molecule has 1 aromatic heterocycles. The normalized spacial score (nSPS) is 10.4. The molecular formula is C12H13N5O2. The van der Waals surface area contributed by atoms with Crippen molar-refractivity contribution in [1.82, 2.24) is 20.5 Å². The summed E-state index contributed by atoms with van der Waals surface area (Å²) in [5.41, 5.74) is 0.945. The van der Waals surface area contributed by atoms with Crippen molar-refractivity contribution >= 4 is 18.1 Å². The number of hydrogen-bond donors (Lipinski definition) is 3. The summed E-state index contributed by atoms with van der Waals surface area (Å²) in [4.78, 5) is 15.2. The molecule has 0 spiro atoms. The molecule has 0 unspecified atom stereocenters. The van der Waals surface area contributed by atoms with Crippen molar-refractivity contribution in [3.63, 3.8) is 0 Å². The molecule has 19 heavy (non-hydrogen) atoms. The van der Waals surface area contributed by atoms with Gasteiger partial charge in [-0.3, -0.25) is 5.32 Å². The molecule has 0 aliphatic heterocycles. The zero-order valence-electron chi connectivity index (χ0n) is 10.3. The summed E-state index contributed by atoms with van der Waals surface area (Å²) >= 11 is 0. The molecule has 98 valence electrons. The highest BCUT2D eigenvalue weighted by Crippen LogP contribution is 2.11. The number of urea groups is 1. The Hall–Kier alpha value is -2.83. The van der Waals surface area contributed by atoms with E-state index in [2.05, 4.69) is 25.8 Å². The van der Waals surface area contributed by atoms with Crippen LogP contribution in [-0.2, 0) is 0 Å². The van der Waals surface area contributed by atoms with Gasteiger partial charge in [0, 0.05) is 6.20 Å². The summed E-state index contributed by atoms with van der Waals surface area (Å²) in [6.45, 7) is 0. The summed E-state index contributed by atoms with van der Waals surface area (Å²) in [5, 5.41) is 11.2. The second kappa shape index (κ2) is 6.20. The molecule has 2 aromatic rings. The van der Waals surface area contributed by atoms with Gasteiger partial charge in [-0.1, -0.05) is 12.1 Å². The number of H-pyrrole nitrogens is 1. The molecule has 1 heterocycles. The SMILES string of the molecule is COc1ccc(/C=C/NC(=O)Nc2ncn[nH]2)cc1. The predicted octanol–water partition coefficient (Wildman–Crippen LogP) is 1.61. The van der Waals surface area contributed by atoms with Crippen molar-refractivity contribution in [2.24, 2.45) is 0 Å². The molecule has 1 aromatic carbocycles. The molecule has 0 aliphatic carbocycles. The molecule has 7 nitrogen and oxygen atoms in total. The van der Waals surface area contributed by atoms with Gasteiger partial charge in [0.05, 0.1) is 7.11 Å². The molecule has 0 aliphatic rings. The number of nitrogens with one attached hydrogen (secondary N) is 3. The van der Waals surface area contributed by atoms with Crippen LogP contribution < -0.4 is 15.4 Å². The molecule has 2 rings (SSSR count). The van der Waals surface area contributed by atoms with Gasteiger partial charge in [0.15, 0.2) is 0 Å². The zero-order chi connectivity index (χ0) is 13.5. The number of methoxy groups -OCH3 is 1. The smallest absolute Gasteiger partial charge is 0.325 e. The van der Waals surface area contributed by atoms with Crippen LogP contribution >= 0.6 is 0 Å². The van der Waals surface area contributed by atoms with E-state index in [1.165, 1.54) is 12.5 Å². The second-order valence-corrected chi connectivity index (χ2v) is 3.54. The number of carbonyl (C=O) groups excluding carboxylic acids is 1. The van der Waals surface area contributed by atoms with Crippen LogP contribution in [0.3, 0.4) is 0 Å². The highest BCUT2D eigenvalue weighted by molar-refractivity contribution is 5.88. The largest absolute Gasteiger partial charge is 0.497 e. The minimum atomic E-state index is -0.401. The van der Waals surface area contributed by atoms with Crippen LogP contribution in [0.25, 0.3) is 6.08 Å².